The minimum Gasteiger partial charge on any atom is -0.409 e. The van der Waals surface area contributed by atoms with Gasteiger partial charge >= 0.3 is 0 Å². The standard InChI is InChI=1S/C13H16N4OS/c1-2-17(9-11-4-3-7-19-11)12-6-5-10(8-15-12)13(14)16-18/h3-8,18H,2,9H2,1H3,(H2,14,16). The molecule has 6 heteroatoms. The quantitative estimate of drug-likeness (QED) is 0.380. The number of thiophene rings is 1. The number of aromatic nitrogens is 1. The summed E-state index contributed by atoms with van der Waals surface area (Å²) in [6.07, 6.45) is 1.61. The number of anilines is 1. The van der Waals surface area contributed by atoms with E-state index in [4.69, 9.17) is 10.9 Å². The van der Waals surface area contributed by atoms with Gasteiger partial charge in [0.25, 0.3) is 0 Å². The highest BCUT2D eigenvalue weighted by Gasteiger charge is 2.08. The molecule has 0 fully saturated rings. The topological polar surface area (TPSA) is 74.7 Å². The van der Waals surface area contributed by atoms with Crippen molar-refractivity contribution >= 4 is 23.0 Å². The Labute approximate surface area is 116 Å². The zero-order valence-electron chi connectivity index (χ0n) is 10.7. The summed E-state index contributed by atoms with van der Waals surface area (Å²) in [7, 11) is 0. The first-order valence-corrected chi connectivity index (χ1v) is 6.83. The van der Waals surface area contributed by atoms with Crippen LogP contribution < -0.4 is 10.6 Å². The Kier molecular flexibility index (Phi) is 4.35. The van der Waals surface area contributed by atoms with Crippen LogP contribution in [0.4, 0.5) is 5.82 Å². The van der Waals surface area contributed by atoms with Crippen molar-refractivity contribution in [3.8, 4) is 0 Å². The number of nitrogens with zero attached hydrogens (tertiary/aromatic N) is 3. The van der Waals surface area contributed by atoms with E-state index in [0.717, 1.165) is 18.9 Å². The monoisotopic (exact) mass is 276 g/mol. The zero-order chi connectivity index (χ0) is 13.7. The Hall–Kier alpha value is -2.08. The van der Waals surface area contributed by atoms with Crippen LogP contribution in [-0.4, -0.2) is 22.6 Å². The molecule has 2 aromatic heterocycles. The second kappa shape index (κ2) is 6.19. The van der Waals surface area contributed by atoms with Gasteiger partial charge < -0.3 is 15.8 Å². The van der Waals surface area contributed by atoms with Crippen LogP contribution in [-0.2, 0) is 6.54 Å². The lowest BCUT2D eigenvalue weighted by molar-refractivity contribution is 0.318. The molecule has 0 bridgehead atoms. The molecule has 0 aliphatic rings. The first kappa shape index (κ1) is 13.4. The lowest BCUT2D eigenvalue weighted by Crippen LogP contribution is -2.23. The highest BCUT2D eigenvalue weighted by atomic mass is 32.1. The van der Waals surface area contributed by atoms with Crippen LogP contribution in [0.25, 0.3) is 0 Å². The third kappa shape index (κ3) is 3.23. The highest BCUT2D eigenvalue weighted by molar-refractivity contribution is 7.09. The molecule has 0 saturated carbocycles. The fourth-order valence-corrected chi connectivity index (χ4v) is 2.45. The summed E-state index contributed by atoms with van der Waals surface area (Å²) in [6, 6.07) is 7.83. The summed E-state index contributed by atoms with van der Waals surface area (Å²) in [4.78, 5) is 7.82. The predicted octanol–water partition coefficient (Wildman–Crippen LogP) is 2.26. The molecule has 0 unspecified atom stereocenters. The molecule has 100 valence electrons. The lowest BCUT2D eigenvalue weighted by Gasteiger charge is -2.21. The van der Waals surface area contributed by atoms with Gasteiger partial charge in [-0.3, -0.25) is 0 Å². The maximum absolute atomic E-state index is 8.61. The number of hydrogen-bond donors (Lipinski definition) is 2. The minimum atomic E-state index is 0.0698. The zero-order valence-corrected chi connectivity index (χ0v) is 11.5. The fraction of sp³-hybridized carbons (Fsp3) is 0.231. The van der Waals surface area contributed by atoms with Crippen LogP contribution in [0.2, 0.25) is 0 Å². The minimum absolute atomic E-state index is 0.0698. The van der Waals surface area contributed by atoms with E-state index < -0.39 is 0 Å². The van der Waals surface area contributed by atoms with Crippen LogP contribution in [0.1, 0.15) is 17.4 Å². The van der Waals surface area contributed by atoms with E-state index in [1.807, 2.05) is 12.1 Å². The molecule has 0 radical (unpaired) electrons. The van der Waals surface area contributed by atoms with Crippen molar-refractivity contribution < 1.29 is 5.21 Å². The molecule has 0 amide bonds. The first-order valence-electron chi connectivity index (χ1n) is 5.96. The van der Waals surface area contributed by atoms with Gasteiger partial charge in [-0.2, -0.15) is 0 Å². The molecule has 0 atom stereocenters. The number of pyridine rings is 1. The van der Waals surface area contributed by atoms with Crippen molar-refractivity contribution in [2.75, 3.05) is 11.4 Å². The van der Waals surface area contributed by atoms with Crippen molar-refractivity contribution in [3.63, 3.8) is 0 Å². The average Bonchev–Trinajstić information content (AvgIpc) is 2.97. The molecule has 0 aromatic carbocycles. The second-order valence-electron chi connectivity index (χ2n) is 3.98. The Morgan fingerprint density at radius 2 is 2.32 bits per heavy atom. The Balaban J connectivity index is 2.15. The average molecular weight is 276 g/mol. The molecular formula is C13H16N4OS. The van der Waals surface area contributed by atoms with Crippen LogP contribution in [0.5, 0.6) is 0 Å². The predicted molar refractivity (Wildman–Crippen MR) is 77.8 cm³/mol. The largest absolute Gasteiger partial charge is 0.409 e. The van der Waals surface area contributed by atoms with Gasteiger partial charge in [0, 0.05) is 23.2 Å². The second-order valence-corrected chi connectivity index (χ2v) is 5.02. The number of nitrogens with two attached hydrogens (primary N) is 1. The maximum atomic E-state index is 8.61. The third-order valence-corrected chi connectivity index (χ3v) is 3.65. The van der Waals surface area contributed by atoms with Crippen LogP contribution in [0.3, 0.4) is 0 Å². The van der Waals surface area contributed by atoms with E-state index in [9.17, 15) is 0 Å². The highest BCUT2D eigenvalue weighted by Crippen LogP contribution is 2.17. The van der Waals surface area contributed by atoms with Crippen molar-refractivity contribution in [2.24, 2.45) is 10.9 Å². The first-order chi connectivity index (χ1) is 9.24. The van der Waals surface area contributed by atoms with Crippen LogP contribution in [0.15, 0.2) is 41.0 Å². The van der Waals surface area contributed by atoms with Gasteiger partial charge in [-0.15, -0.1) is 11.3 Å². The molecule has 0 aliphatic heterocycles. The van der Waals surface area contributed by atoms with Crippen molar-refractivity contribution in [3.05, 3.63) is 46.3 Å². The third-order valence-electron chi connectivity index (χ3n) is 2.78. The molecular weight excluding hydrogens is 260 g/mol. The summed E-state index contributed by atoms with van der Waals surface area (Å²) in [5.74, 6) is 0.950. The number of oxime groups is 1. The summed E-state index contributed by atoms with van der Waals surface area (Å²) in [5.41, 5.74) is 6.12. The summed E-state index contributed by atoms with van der Waals surface area (Å²) in [5, 5.41) is 13.6. The normalized spacial score (nSPS) is 11.5. The molecule has 2 heterocycles. The number of rotatable bonds is 5. The molecule has 0 saturated heterocycles. The lowest BCUT2D eigenvalue weighted by atomic mass is 10.2. The smallest absolute Gasteiger partial charge is 0.171 e. The molecule has 2 aromatic rings. The Morgan fingerprint density at radius 1 is 1.47 bits per heavy atom. The molecule has 19 heavy (non-hydrogen) atoms. The summed E-state index contributed by atoms with van der Waals surface area (Å²) in [6.45, 7) is 3.80. The van der Waals surface area contributed by atoms with E-state index in [0.29, 0.717) is 5.56 Å². The fourth-order valence-electron chi connectivity index (χ4n) is 1.73. The van der Waals surface area contributed by atoms with Gasteiger partial charge in [0.2, 0.25) is 0 Å². The number of amidine groups is 1. The van der Waals surface area contributed by atoms with Crippen molar-refractivity contribution in [1.82, 2.24) is 4.98 Å². The van der Waals surface area contributed by atoms with E-state index >= 15 is 0 Å². The number of hydrogen-bond acceptors (Lipinski definition) is 5. The molecule has 2 rings (SSSR count). The Bertz CT molecular complexity index is 536. The molecule has 3 N–H and O–H groups in total. The SMILES string of the molecule is CCN(Cc1cccs1)c1ccc(/C(N)=N/O)cn1. The summed E-state index contributed by atoms with van der Waals surface area (Å²) < 4.78 is 0. The van der Waals surface area contributed by atoms with Crippen molar-refractivity contribution in [1.29, 1.82) is 0 Å². The van der Waals surface area contributed by atoms with Gasteiger partial charge in [0.1, 0.15) is 5.82 Å². The van der Waals surface area contributed by atoms with Crippen LogP contribution in [0, 0.1) is 0 Å². The van der Waals surface area contributed by atoms with Gasteiger partial charge in [-0.25, -0.2) is 4.98 Å². The van der Waals surface area contributed by atoms with Gasteiger partial charge in [-0.1, -0.05) is 11.2 Å². The molecule has 0 aliphatic carbocycles. The maximum Gasteiger partial charge on any atom is 0.171 e. The van der Waals surface area contributed by atoms with Gasteiger partial charge in [0.05, 0.1) is 6.54 Å². The van der Waals surface area contributed by atoms with Crippen molar-refractivity contribution in [2.45, 2.75) is 13.5 Å². The molecule has 5 nitrogen and oxygen atoms in total. The summed E-state index contributed by atoms with van der Waals surface area (Å²) >= 11 is 1.73. The van der Waals surface area contributed by atoms with E-state index in [1.54, 1.807) is 23.6 Å². The Morgan fingerprint density at radius 3 is 2.84 bits per heavy atom. The van der Waals surface area contributed by atoms with Gasteiger partial charge in [0.15, 0.2) is 5.84 Å². The van der Waals surface area contributed by atoms with Gasteiger partial charge in [-0.05, 0) is 30.5 Å². The van der Waals surface area contributed by atoms with E-state index in [1.165, 1.54) is 4.88 Å². The van der Waals surface area contributed by atoms with E-state index in [-0.39, 0.29) is 5.84 Å². The van der Waals surface area contributed by atoms with E-state index in [2.05, 4.69) is 33.4 Å². The van der Waals surface area contributed by atoms with Crippen LogP contribution >= 0.6 is 11.3 Å². The molecule has 0 spiro atoms.